The molecule has 2 aromatic carbocycles. The molecular formula is C27H30F4N4OS. The molecule has 0 saturated heterocycles. The van der Waals surface area contributed by atoms with Crippen LogP contribution in [0, 0.1) is 11.8 Å². The highest BCUT2D eigenvalue weighted by Crippen LogP contribution is 2.32. The molecule has 0 spiro atoms. The van der Waals surface area contributed by atoms with Crippen LogP contribution < -0.4 is 20.1 Å². The van der Waals surface area contributed by atoms with Gasteiger partial charge in [-0.2, -0.15) is 13.2 Å². The molecule has 0 radical (unpaired) electrons. The number of hydrogen-bond acceptors (Lipinski definition) is 5. The second kappa shape index (κ2) is 12.5. The van der Waals surface area contributed by atoms with Crippen LogP contribution in [0.15, 0.2) is 47.4 Å². The number of aromatic nitrogens is 1. The molecule has 198 valence electrons. The molecule has 1 aliphatic rings. The van der Waals surface area contributed by atoms with Gasteiger partial charge in [-0.15, -0.1) is 0 Å². The maximum Gasteiger partial charge on any atom is 0.406 e. The van der Waals surface area contributed by atoms with Crippen molar-refractivity contribution >= 4 is 34.2 Å². The van der Waals surface area contributed by atoms with Gasteiger partial charge < -0.3 is 19.9 Å². The Bertz CT molecular complexity index is 1260. The van der Waals surface area contributed by atoms with Gasteiger partial charge in [-0.3, -0.25) is 4.72 Å². The van der Waals surface area contributed by atoms with Crippen molar-refractivity contribution in [3.63, 3.8) is 0 Å². The van der Waals surface area contributed by atoms with Crippen LogP contribution in [0.5, 0.6) is 5.75 Å². The van der Waals surface area contributed by atoms with Crippen molar-refractivity contribution < 1.29 is 22.3 Å². The summed E-state index contributed by atoms with van der Waals surface area (Å²) in [6.45, 7) is -1.97. The van der Waals surface area contributed by atoms with Crippen molar-refractivity contribution in [2.24, 2.45) is 0 Å². The first-order chi connectivity index (χ1) is 17.9. The minimum absolute atomic E-state index is 0.141. The van der Waals surface area contributed by atoms with E-state index in [1.807, 2.05) is 12.1 Å². The number of ether oxygens (including phenoxy) is 1. The van der Waals surface area contributed by atoms with Crippen LogP contribution in [0.1, 0.15) is 37.8 Å². The number of hydrogen-bond donors (Lipinski definition) is 3. The molecule has 1 heterocycles. The summed E-state index contributed by atoms with van der Waals surface area (Å²) < 4.78 is 62.5. The van der Waals surface area contributed by atoms with Crippen LogP contribution in [0.4, 0.5) is 28.9 Å². The zero-order valence-electron chi connectivity index (χ0n) is 20.6. The summed E-state index contributed by atoms with van der Waals surface area (Å²) in [6.07, 6.45) is 1.25. The van der Waals surface area contributed by atoms with Gasteiger partial charge in [0.2, 0.25) is 6.86 Å². The van der Waals surface area contributed by atoms with Crippen molar-refractivity contribution in [2.45, 2.75) is 55.8 Å². The molecule has 10 heteroatoms. The Morgan fingerprint density at radius 2 is 1.89 bits per heavy atom. The van der Waals surface area contributed by atoms with Gasteiger partial charge in [-0.05, 0) is 74.2 Å². The highest BCUT2D eigenvalue weighted by atomic mass is 32.2. The van der Waals surface area contributed by atoms with Gasteiger partial charge in [0.25, 0.3) is 0 Å². The molecule has 0 amide bonds. The largest absolute Gasteiger partial charge is 0.461 e. The molecule has 0 bridgehead atoms. The van der Waals surface area contributed by atoms with Gasteiger partial charge >= 0.3 is 6.18 Å². The monoisotopic (exact) mass is 534 g/mol. The minimum atomic E-state index is -4.39. The lowest BCUT2D eigenvalue weighted by molar-refractivity contribution is -0.140. The SMILES string of the molecule is CNSc1ccc(NCC#Cc2cc3c(NC4CCCCC4)cccc3n2CC(F)(F)F)c(OCF)c1. The Morgan fingerprint density at radius 1 is 1.08 bits per heavy atom. The van der Waals surface area contributed by atoms with Gasteiger partial charge in [0.05, 0.1) is 23.4 Å². The molecule has 37 heavy (non-hydrogen) atoms. The van der Waals surface area contributed by atoms with Crippen LogP contribution >= 0.6 is 11.9 Å². The molecule has 4 rings (SSSR count). The van der Waals surface area contributed by atoms with Gasteiger partial charge in [0.15, 0.2) is 0 Å². The Labute approximate surface area is 218 Å². The number of rotatable bonds is 9. The number of fused-ring (bicyclic) bond motifs is 1. The first-order valence-corrected chi connectivity index (χ1v) is 13.0. The summed E-state index contributed by atoms with van der Waals surface area (Å²) in [5.41, 5.74) is 2.15. The summed E-state index contributed by atoms with van der Waals surface area (Å²) in [6, 6.07) is 12.7. The fraction of sp³-hybridized carbons (Fsp3) is 0.407. The van der Waals surface area contributed by atoms with Crippen LogP contribution in [0.2, 0.25) is 0 Å². The van der Waals surface area contributed by atoms with Crippen molar-refractivity contribution in [1.82, 2.24) is 9.29 Å². The first-order valence-electron chi connectivity index (χ1n) is 12.2. The predicted octanol–water partition coefficient (Wildman–Crippen LogP) is 6.94. The number of nitrogens with one attached hydrogen (secondary N) is 3. The number of anilines is 2. The van der Waals surface area contributed by atoms with Crippen LogP contribution in [0.3, 0.4) is 0 Å². The Morgan fingerprint density at radius 3 is 2.62 bits per heavy atom. The van der Waals surface area contributed by atoms with Crippen LogP contribution in [-0.4, -0.2) is 37.2 Å². The second-order valence-corrected chi connectivity index (χ2v) is 9.91. The third kappa shape index (κ3) is 7.27. The lowest BCUT2D eigenvalue weighted by atomic mass is 9.95. The molecule has 1 saturated carbocycles. The van der Waals surface area contributed by atoms with E-state index < -0.39 is 19.6 Å². The maximum atomic E-state index is 13.5. The molecule has 0 unspecified atom stereocenters. The van der Waals surface area contributed by atoms with E-state index in [9.17, 15) is 17.6 Å². The van der Waals surface area contributed by atoms with Crippen molar-refractivity contribution in [1.29, 1.82) is 0 Å². The van der Waals surface area contributed by atoms with Gasteiger partial charge in [-0.25, -0.2) is 4.39 Å². The van der Waals surface area contributed by atoms with Gasteiger partial charge in [0, 0.05) is 22.0 Å². The normalized spacial score (nSPS) is 14.3. The molecule has 1 aliphatic carbocycles. The zero-order chi connectivity index (χ0) is 26.3. The first kappa shape index (κ1) is 27.0. The molecule has 3 N–H and O–H groups in total. The standard InChI is InChI=1S/C27H30F4N4OS/c1-32-37-21-12-13-24(26(16-21)36-18-28)33-14-6-9-20-15-22-23(34-19-7-3-2-4-8-19)10-5-11-25(22)35(20)17-27(29,30)31/h5,10-13,15-16,19,32-34H,2-4,7-8,14,17-18H2,1H3. The average molecular weight is 535 g/mol. The van der Waals surface area contributed by atoms with Crippen molar-refractivity contribution in [3.8, 4) is 17.6 Å². The Hall–Kier alpha value is -3.03. The van der Waals surface area contributed by atoms with Crippen LogP contribution in [-0.2, 0) is 6.54 Å². The highest BCUT2D eigenvalue weighted by molar-refractivity contribution is 7.97. The van der Waals surface area contributed by atoms with E-state index in [-0.39, 0.29) is 12.2 Å². The van der Waals surface area contributed by atoms with Gasteiger partial charge in [0.1, 0.15) is 12.3 Å². The maximum absolute atomic E-state index is 13.5. The summed E-state index contributed by atoms with van der Waals surface area (Å²) in [7, 11) is 1.77. The van der Waals surface area contributed by atoms with E-state index in [0.29, 0.717) is 23.0 Å². The Kier molecular flexibility index (Phi) is 9.11. The van der Waals surface area contributed by atoms with Crippen molar-refractivity contribution in [2.75, 3.05) is 31.1 Å². The smallest absolute Gasteiger partial charge is 0.406 e. The molecular weight excluding hydrogens is 504 g/mol. The molecule has 3 aromatic rings. The topological polar surface area (TPSA) is 50.2 Å². The second-order valence-electron chi connectivity index (χ2n) is 8.82. The van der Waals surface area contributed by atoms with Crippen LogP contribution in [0.25, 0.3) is 10.9 Å². The number of halogens is 4. The predicted molar refractivity (Wildman–Crippen MR) is 142 cm³/mol. The van der Waals surface area contributed by atoms with E-state index in [1.54, 1.807) is 37.4 Å². The summed E-state index contributed by atoms with van der Waals surface area (Å²) >= 11 is 1.36. The lowest BCUT2D eigenvalue weighted by Gasteiger charge is -2.24. The fourth-order valence-corrected chi connectivity index (χ4v) is 5.15. The quantitative estimate of drug-likeness (QED) is 0.158. The van der Waals surface area contributed by atoms with E-state index >= 15 is 0 Å². The molecule has 0 aliphatic heterocycles. The van der Waals surface area contributed by atoms with E-state index in [1.165, 1.54) is 22.9 Å². The zero-order valence-corrected chi connectivity index (χ0v) is 21.4. The fourth-order valence-electron chi connectivity index (χ4n) is 4.61. The molecule has 5 nitrogen and oxygen atoms in total. The minimum Gasteiger partial charge on any atom is -0.461 e. The third-order valence-electron chi connectivity index (χ3n) is 6.21. The van der Waals surface area contributed by atoms with Crippen molar-refractivity contribution in [3.05, 3.63) is 48.2 Å². The van der Waals surface area contributed by atoms with E-state index in [4.69, 9.17) is 4.74 Å². The lowest BCUT2D eigenvalue weighted by Crippen LogP contribution is -2.22. The van der Waals surface area contributed by atoms with E-state index in [2.05, 4.69) is 27.2 Å². The summed E-state index contributed by atoms with van der Waals surface area (Å²) in [5, 5.41) is 7.34. The molecule has 0 atom stereocenters. The Balaban J connectivity index is 1.58. The van der Waals surface area contributed by atoms with Gasteiger partial charge in [-0.1, -0.05) is 31.2 Å². The summed E-state index contributed by atoms with van der Waals surface area (Å²) in [4.78, 5) is 0.844. The number of benzene rings is 2. The highest BCUT2D eigenvalue weighted by Gasteiger charge is 2.30. The van der Waals surface area contributed by atoms with E-state index in [0.717, 1.165) is 41.7 Å². The summed E-state index contributed by atoms with van der Waals surface area (Å²) in [5.74, 6) is 6.14. The average Bonchev–Trinajstić information content (AvgIpc) is 3.21. The third-order valence-corrected chi connectivity index (χ3v) is 6.91. The number of nitrogens with zero attached hydrogens (tertiary/aromatic N) is 1. The number of alkyl halides is 4. The molecule has 1 aromatic heterocycles. The molecule has 1 fully saturated rings.